The lowest BCUT2D eigenvalue weighted by molar-refractivity contribution is -0.249. The van der Waals surface area contributed by atoms with E-state index in [4.69, 9.17) is 14.2 Å². The van der Waals surface area contributed by atoms with E-state index in [-0.39, 0.29) is 11.3 Å². The predicted octanol–water partition coefficient (Wildman–Crippen LogP) is 2.63. The summed E-state index contributed by atoms with van der Waals surface area (Å²) in [6, 6.07) is 0. The minimum Gasteiger partial charge on any atom is -0.379 e. The highest BCUT2D eigenvalue weighted by Crippen LogP contribution is 2.62. The molecule has 2 aliphatic carbocycles. The summed E-state index contributed by atoms with van der Waals surface area (Å²) in [7, 11) is 3.17. The van der Waals surface area contributed by atoms with Gasteiger partial charge in [0.25, 0.3) is 0 Å². The Hall–Kier alpha value is -0.680. The Morgan fingerprint density at radius 1 is 1.38 bits per heavy atom. The Balaban J connectivity index is 2.10. The van der Waals surface area contributed by atoms with E-state index < -0.39 is 18.2 Å². The van der Waals surface area contributed by atoms with Crippen molar-refractivity contribution in [2.24, 2.45) is 17.3 Å². The molecule has 21 heavy (non-hydrogen) atoms. The lowest BCUT2D eigenvalue weighted by Crippen LogP contribution is -2.60. The summed E-state index contributed by atoms with van der Waals surface area (Å²) in [6.45, 7) is 8.68. The topological polar surface area (TPSA) is 47.9 Å². The van der Waals surface area contributed by atoms with E-state index in [0.717, 1.165) is 24.8 Å². The lowest BCUT2D eigenvalue weighted by Gasteiger charge is -2.56. The molecule has 4 heteroatoms. The summed E-state index contributed by atoms with van der Waals surface area (Å²) < 4.78 is 16.7. The third-order valence-corrected chi connectivity index (χ3v) is 6.10. The molecule has 0 bridgehead atoms. The van der Waals surface area contributed by atoms with Crippen LogP contribution in [0.25, 0.3) is 0 Å². The van der Waals surface area contributed by atoms with Crippen LogP contribution in [0.5, 0.6) is 0 Å². The van der Waals surface area contributed by atoms with E-state index in [0.29, 0.717) is 5.92 Å². The van der Waals surface area contributed by atoms with Gasteiger partial charge < -0.3 is 19.3 Å². The van der Waals surface area contributed by atoms with Gasteiger partial charge in [0.1, 0.15) is 5.60 Å². The largest absolute Gasteiger partial charge is 0.379 e. The van der Waals surface area contributed by atoms with Crippen molar-refractivity contribution in [3.05, 3.63) is 23.8 Å². The number of hydrogen-bond donors (Lipinski definition) is 1. The minimum absolute atomic E-state index is 0.256. The molecule has 3 rings (SSSR count). The maximum atomic E-state index is 11.6. The quantitative estimate of drug-likeness (QED) is 0.795. The van der Waals surface area contributed by atoms with Gasteiger partial charge in [0.15, 0.2) is 12.6 Å². The molecule has 0 aromatic heterocycles. The maximum absolute atomic E-state index is 11.6. The molecule has 1 heterocycles. The van der Waals surface area contributed by atoms with Gasteiger partial charge in [-0.3, -0.25) is 0 Å². The van der Waals surface area contributed by atoms with Gasteiger partial charge in [0.2, 0.25) is 0 Å². The number of hydrogen-bond acceptors (Lipinski definition) is 4. The summed E-state index contributed by atoms with van der Waals surface area (Å²) in [5, 5.41) is 11.6. The van der Waals surface area contributed by atoms with E-state index in [1.807, 2.05) is 0 Å². The Labute approximate surface area is 126 Å². The molecule has 118 valence electrons. The standard InChI is InChI=1S/C17H26O4/c1-10-8-9-16(3)12(11(10)2)6-7-13-14(19-4)21-15(20-5)17(13,16)18/h7,10,12,14-15,18H,2,6,8-9H2,1,3-5H3/t10-,12-,14+,15+,16-,17-/m0/s1. The van der Waals surface area contributed by atoms with Crippen molar-refractivity contribution >= 4 is 0 Å². The third-order valence-electron chi connectivity index (χ3n) is 6.10. The molecule has 1 saturated heterocycles. The van der Waals surface area contributed by atoms with Crippen molar-refractivity contribution in [3.8, 4) is 0 Å². The smallest absolute Gasteiger partial charge is 0.194 e. The number of allylic oxidation sites excluding steroid dienone is 2. The molecule has 6 atom stereocenters. The maximum Gasteiger partial charge on any atom is 0.194 e. The monoisotopic (exact) mass is 294 g/mol. The normalized spacial score (nSPS) is 49.6. The Morgan fingerprint density at radius 2 is 2.10 bits per heavy atom. The highest BCUT2D eigenvalue weighted by atomic mass is 16.8. The lowest BCUT2D eigenvalue weighted by atomic mass is 9.51. The fraction of sp³-hybridized carbons (Fsp3) is 0.765. The van der Waals surface area contributed by atoms with Crippen LogP contribution in [0.3, 0.4) is 0 Å². The molecule has 0 aromatic rings. The molecule has 0 amide bonds. The van der Waals surface area contributed by atoms with E-state index in [1.54, 1.807) is 14.2 Å². The van der Waals surface area contributed by atoms with Crippen LogP contribution in [-0.4, -0.2) is 37.5 Å². The van der Waals surface area contributed by atoms with Crippen molar-refractivity contribution in [1.82, 2.24) is 0 Å². The minimum atomic E-state index is -1.14. The van der Waals surface area contributed by atoms with Gasteiger partial charge in [-0.25, -0.2) is 0 Å². The van der Waals surface area contributed by atoms with E-state index in [2.05, 4.69) is 26.5 Å². The molecule has 0 unspecified atom stereocenters. The Morgan fingerprint density at radius 3 is 2.71 bits per heavy atom. The first-order valence-electron chi connectivity index (χ1n) is 7.72. The van der Waals surface area contributed by atoms with E-state index >= 15 is 0 Å². The van der Waals surface area contributed by atoms with Gasteiger partial charge in [0, 0.05) is 25.2 Å². The highest BCUT2D eigenvalue weighted by molar-refractivity contribution is 5.37. The van der Waals surface area contributed by atoms with E-state index in [1.165, 1.54) is 5.57 Å². The molecule has 0 spiro atoms. The zero-order valence-corrected chi connectivity index (χ0v) is 13.4. The van der Waals surface area contributed by atoms with Crippen molar-refractivity contribution in [2.45, 2.75) is 51.3 Å². The zero-order chi connectivity index (χ0) is 15.4. The molecule has 1 aliphatic heterocycles. The molecular formula is C17H26O4. The Kier molecular flexibility index (Phi) is 3.56. The number of fused-ring (bicyclic) bond motifs is 3. The second-order valence-electron chi connectivity index (χ2n) is 6.92. The summed E-state index contributed by atoms with van der Waals surface area (Å²) >= 11 is 0. The molecule has 1 N–H and O–H groups in total. The highest BCUT2D eigenvalue weighted by Gasteiger charge is 2.67. The van der Waals surface area contributed by atoms with Crippen LogP contribution in [0.2, 0.25) is 0 Å². The first kappa shape index (κ1) is 15.2. The second kappa shape index (κ2) is 4.92. The fourth-order valence-electron chi connectivity index (χ4n) is 4.60. The summed E-state index contributed by atoms with van der Waals surface area (Å²) in [5.41, 5.74) is 0.587. The number of aliphatic hydroxyl groups is 1. The van der Waals surface area contributed by atoms with Crippen molar-refractivity contribution in [1.29, 1.82) is 0 Å². The Bertz CT molecular complexity index is 485. The predicted molar refractivity (Wildman–Crippen MR) is 79.5 cm³/mol. The van der Waals surface area contributed by atoms with Crippen molar-refractivity contribution in [2.75, 3.05) is 14.2 Å². The van der Waals surface area contributed by atoms with Gasteiger partial charge in [-0.1, -0.05) is 32.1 Å². The van der Waals surface area contributed by atoms with Crippen molar-refractivity contribution < 1.29 is 19.3 Å². The average molecular weight is 294 g/mol. The van der Waals surface area contributed by atoms with Gasteiger partial charge in [-0.05, 0) is 31.1 Å². The summed E-state index contributed by atoms with van der Waals surface area (Å²) in [4.78, 5) is 0. The van der Waals surface area contributed by atoms with Crippen molar-refractivity contribution in [3.63, 3.8) is 0 Å². The summed E-state index contributed by atoms with van der Waals surface area (Å²) in [6.07, 6.45) is 3.72. The van der Waals surface area contributed by atoms with Crippen LogP contribution in [0.1, 0.15) is 33.1 Å². The first-order chi connectivity index (χ1) is 9.90. The summed E-state index contributed by atoms with van der Waals surface area (Å²) in [5.74, 6) is 0.759. The van der Waals surface area contributed by atoms with Crippen LogP contribution < -0.4 is 0 Å². The second-order valence-corrected chi connectivity index (χ2v) is 6.92. The third kappa shape index (κ3) is 1.76. The molecule has 1 saturated carbocycles. The molecule has 2 fully saturated rings. The molecule has 0 aromatic carbocycles. The number of ether oxygens (including phenoxy) is 3. The van der Waals surface area contributed by atoms with Crippen LogP contribution >= 0.6 is 0 Å². The average Bonchev–Trinajstić information content (AvgIpc) is 2.77. The fourth-order valence-corrected chi connectivity index (χ4v) is 4.60. The number of methoxy groups -OCH3 is 2. The first-order valence-corrected chi connectivity index (χ1v) is 7.72. The van der Waals surface area contributed by atoms with Gasteiger partial charge in [-0.2, -0.15) is 0 Å². The zero-order valence-electron chi connectivity index (χ0n) is 13.4. The molecule has 3 aliphatic rings. The van der Waals surface area contributed by atoms with Gasteiger partial charge in [-0.15, -0.1) is 0 Å². The van der Waals surface area contributed by atoms with Crippen LogP contribution in [0, 0.1) is 17.3 Å². The van der Waals surface area contributed by atoms with Crippen LogP contribution in [0.15, 0.2) is 23.8 Å². The molecule has 4 nitrogen and oxygen atoms in total. The van der Waals surface area contributed by atoms with Gasteiger partial charge in [0.05, 0.1) is 0 Å². The molecule has 0 radical (unpaired) electrons. The van der Waals surface area contributed by atoms with Gasteiger partial charge >= 0.3 is 0 Å². The van der Waals surface area contributed by atoms with E-state index in [9.17, 15) is 5.11 Å². The van der Waals surface area contributed by atoms with Crippen LogP contribution in [-0.2, 0) is 14.2 Å². The van der Waals surface area contributed by atoms with Crippen LogP contribution in [0.4, 0.5) is 0 Å². The molecular weight excluding hydrogens is 268 g/mol. The number of rotatable bonds is 2. The SMILES string of the molecule is C=C1[C@@H](C)CC[C@@]2(C)[C@H]1CC=C1[C@H](OC)O[C@@H](OC)[C@@]12O.